The van der Waals surface area contributed by atoms with Gasteiger partial charge in [0, 0.05) is 25.0 Å². The first-order valence-corrected chi connectivity index (χ1v) is 8.39. The molecular weight excluding hydrogens is 314 g/mol. The van der Waals surface area contributed by atoms with E-state index in [4.69, 9.17) is 5.26 Å². The number of likely N-dealkylation sites (N-methyl/N-ethyl adjacent to an activating group) is 1. The van der Waals surface area contributed by atoms with Crippen molar-refractivity contribution in [2.45, 2.75) is 39.8 Å². The summed E-state index contributed by atoms with van der Waals surface area (Å²) in [5, 5.41) is 16.4. The third-order valence-corrected chi connectivity index (χ3v) is 4.05. The molecule has 0 saturated heterocycles. The van der Waals surface area contributed by atoms with E-state index < -0.39 is 0 Å². The quantitative estimate of drug-likeness (QED) is 0.842. The van der Waals surface area contributed by atoms with E-state index in [-0.39, 0.29) is 11.9 Å². The monoisotopic (exact) mass is 339 g/mol. The molecule has 1 aromatic carbocycles. The molecule has 0 aliphatic rings. The van der Waals surface area contributed by atoms with Gasteiger partial charge in [-0.1, -0.05) is 12.1 Å². The highest BCUT2D eigenvalue weighted by Crippen LogP contribution is 2.15. The summed E-state index contributed by atoms with van der Waals surface area (Å²) in [6, 6.07) is 11.8. The molecule has 0 aliphatic carbocycles. The molecular formula is C19H25N5O. The number of nitriles is 1. The SMILES string of the molecule is Cc1cc(C)n(Cc2cccc(NC(C)C(=O)N(C)CCC#N)c2)n1. The van der Waals surface area contributed by atoms with E-state index in [1.807, 2.05) is 49.7 Å². The summed E-state index contributed by atoms with van der Waals surface area (Å²) in [5.74, 6) is -0.0285. The van der Waals surface area contributed by atoms with E-state index in [1.165, 1.54) is 0 Å². The van der Waals surface area contributed by atoms with Crippen LogP contribution in [0.1, 0.15) is 30.3 Å². The fourth-order valence-electron chi connectivity index (χ4n) is 2.74. The van der Waals surface area contributed by atoms with Crippen LogP contribution in [-0.2, 0) is 11.3 Å². The Morgan fingerprint density at radius 2 is 2.16 bits per heavy atom. The van der Waals surface area contributed by atoms with E-state index in [9.17, 15) is 4.79 Å². The number of hydrogen-bond donors (Lipinski definition) is 1. The Morgan fingerprint density at radius 1 is 1.40 bits per heavy atom. The molecule has 25 heavy (non-hydrogen) atoms. The maximum Gasteiger partial charge on any atom is 0.244 e. The molecule has 0 radical (unpaired) electrons. The molecule has 1 amide bonds. The maximum absolute atomic E-state index is 12.3. The van der Waals surface area contributed by atoms with Gasteiger partial charge in [0.25, 0.3) is 0 Å². The Labute approximate surface area is 149 Å². The number of carbonyl (C=O) groups is 1. The van der Waals surface area contributed by atoms with Crippen molar-refractivity contribution in [3.05, 3.63) is 47.3 Å². The van der Waals surface area contributed by atoms with E-state index in [2.05, 4.69) is 22.6 Å². The van der Waals surface area contributed by atoms with E-state index in [1.54, 1.807) is 11.9 Å². The number of nitrogens with zero attached hydrogens (tertiary/aromatic N) is 4. The fourth-order valence-corrected chi connectivity index (χ4v) is 2.74. The van der Waals surface area contributed by atoms with Gasteiger partial charge in [-0.2, -0.15) is 10.4 Å². The standard InChI is InChI=1S/C19H25N5O/c1-14-11-15(2)24(22-14)13-17-7-5-8-18(12-17)21-16(3)19(25)23(4)10-6-9-20/h5,7-8,11-12,16,21H,6,10,13H2,1-4H3. The Morgan fingerprint density at radius 3 is 2.80 bits per heavy atom. The summed E-state index contributed by atoms with van der Waals surface area (Å²) in [6.45, 7) is 7.00. The van der Waals surface area contributed by atoms with Gasteiger partial charge in [-0.25, -0.2) is 0 Å². The van der Waals surface area contributed by atoms with Crippen molar-refractivity contribution in [2.24, 2.45) is 0 Å². The third-order valence-electron chi connectivity index (χ3n) is 4.05. The normalized spacial score (nSPS) is 11.6. The van der Waals surface area contributed by atoms with Crippen molar-refractivity contribution < 1.29 is 4.79 Å². The van der Waals surface area contributed by atoms with Gasteiger partial charge < -0.3 is 10.2 Å². The molecule has 0 spiro atoms. The van der Waals surface area contributed by atoms with Crippen molar-refractivity contribution in [3.8, 4) is 6.07 Å². The van der Waals surface area contributed by atoms with Crippen molar-refractivity contribution in [1.82, 2.24) is 14.7 Å². The Kier molecular flexibility index (Phi) is 6.18. The average molecular weight is 339 g/mol. The molecule has 132 valence electrons. The Hall–Kier alpha value is -2.81. The Bertz CT molecular complexity index is 774. The fraction of sp³-hybridized carbons (Fsp3) is 0.421. The second-order valence-corrected chi connectivity index (χ2v) is 6.32. The number of benzene rings is 1. The van der Waals surface area contributed by atoms with Gasteiger partial charge in [0.15, 0.2) is 0 Å². The minimum absolute atomic E-state index is 0.0285. The highest BCUT2D eigenvalue weighted by Gasteiger charge is 2.17. The number of aromatic nitrogens is 2. The number of anilines is 1. The van der Waals surface area contributed by atoms with Crippen LogP contribution in [0.2, 0.25) is 0 Å². The largest absolute Gasteiger partial charge is 0.374 e. The molecule has 2 aromatic rings. The molecule has 1 unspecified atom stereocenters. The van der Waals surface area contributed by atoms with Gasteiger partial charge >= 0.3 is 0 Å². The van der Waals surface area contributed by atoms with Gasteiger partial charge in [0.1, 0.15) is 6.04 Å². The lowest BCUT2D eigenvalue weighted by Crippen LogP contribution is -2.39. The predicted molar refractivity (Wildman–Crippen MR) is 98.2 cm³/mol. The minimum Gasteiger partial charge on any atom is -0.374 e. The van der Waals surface area contributed by atoms with Crippen LogP contribution in [0.3, 0.4) is 0 Å². The summed E-state index contributed by atoms with van der Waals surface area (Å²) in [6.07, 6.45) is 0.340. The van der Waals surface area contributed by atoms with Crippen LogP contribution in [-0.4, -0.2) is 40.2 Å². The highest BCUT2D eigenvalue weighted by atomic mass is 16.2. The summed E-state index contributed by atoms with van der Waals surface area (Å²) in [4.78, 5) is 13.9. The van der Waals surface area contributed by atoms with E-state index in [0.29, 0.717) is 19.5 Å². The average Bonchev–Trinajstić information content (AvgIpc) is 2.89. The molecule has 0 bridgehead atoms. The van der Waals surface area contributed by atoms with Crippen molar-refractivity contribution >= 4 is 11.6 Å². The first kappa shape index (κ1) is 18.5. The Balaban J connectivity index is 2.02. The summed E-state index contributed by atoms with van der Waals surface area (Å²) < 4.78 is 1.97. The first-order chi connectivity index (χ1) is 11.9. The lowest BCUT2D eigenvalue weighted by Gasteiger charge is -2.22. The van der Waals surface area contributed by atoms with Crippen molar-refractivity contribution in [2.75, 3.05) is 18.9 Å². The van der Waals surface area contributed by atoms with Crippen molar-refractivity contribution in [3.63, 3.8) is 0 Å². The smallest absolute Gasteiger partial charge is 0.244 e. The molecule has 6 heteroatoms. The van der Waals surface area contributed by atoms with E-state index >= 15 is 0 Å². The molecule has 0 saturated carbocycles. The predicted octanol–water partition coefficient (Wildman–Crippen LogP) is 2.72. The molecule has 0 aliphatic heterocycles. The number of amides is 1. The molecule has 1 N–H and O–H groups in total. The van der Waals surface area contributed by atoms with Gasteiger partial charge in [0.2, 0.25) is 5.91 Å². The summed E-state index contributed by atoms with van der Waals surface area (Å²) >= 11 is 0. The maximum atomic E-state index is 12.3. The summed E-state index contributed by atoms with van der Waals surface area (Å²) in [5.41, 5.74) is 4.15. The van der Waals surface area contributed by atoms with Crippen LogP contribution < -0.4 is 5.32 Å². The van der Waals surface area contributed by atoms with Crippen LogP contribution in [0.15, 0.2) is 30.3 Å². The van der Waals surface area contributed by atoms with Gasteiger partial charge in [0.05, 0.1) is 24.7 Å². The second kappa shape index (κ2) is 8.34. The van der Waals surface area contributed by atoms with Crippen molar-refractivity contribution in [1.29, 1.82) is 5.26 Å². The number of hydrogen-bond acceptors (Lipinski definition) is 4. The number of nitrogens with one attached hydrogen (secondary N) is 1. The molecule has 1 atom stereocenters. The molecule has 0 fully saturated rings. The topological polar surface area (TPSA) is 74.0 Å². The van der Waals surface area contributed by atoms with Crippen LogP contribution in [0.25, 0.3) is 0 Å². The minimum atomic E-state index is -0.354. The molecule has 2 rings (SSSR count). The van der Waals surface area contributed by atoms with E-state index in [0.717, 1.165) is 22.6 Å². The van der Waals surface area contributed by atoms with Gasteiger partial charge in [-0.3, -0.25) is 9.48 Å². The zero-order valence-electron chi connectivity index (χ0n) is 15.3. The molecule has 1 aromatic heterocycles. The third kappa shape index (κ3) is 5.08. The summed E-state index contributed by atoms with van der Waals surface area (Å²) in [7, 11) is 1.72. The number of aryl methyl sites for hydroxylation is 2. The molecule has 6 nitrogen and oxygen atoms in total. The van der Waals surface area contributed by atoms with Crippen LogP contribution >= 0.6 is 0 Å². The number of rotatable bonds is 7. The zero-order chi connectivity index (χ0) is 18.4. The number of carbonyl (C=O) groups excluding carboxylic acids is 1. The van der Waals surface area contributed by atoms with Gasteiger partial charge in [-0.05, 0) is 44.5 Å². The van der Waals surface area contributed by atoms with Crippen LogP contribution in [0, 0.1) is 25.2 Å². The molecule has 1 heterocycles. The first-order valence-electron chi connectivity index (χ1n) is 8.39. The zero-order valence-corrected chi connectivity index (χ0v) is 15.3. The lowest BCUT2D eigenvalue weighted by atomic mass is 10.1. The van der Waals surface area contributed by atoms with Gasteiger partial charge in [-0.15, -0.1) is 0 Å². The van der Waals surface area contributed by atoms with Crippen LogP contribution in [0.5, 0.6) is 0 Å². The second-order valence-electron chi connectivity index (χ2n) is 6.32. The highest BCUT2D eigenvalue weighted by molar-refractivity contribution is 5.84. The van der Waals surface area contributed by atoms with Crippen LogP contribution in [0.4, 0.5) is 5.69 Å². The lowest BCUT2D eigenvalue weighted by molar-refractivity contribution is -0.130.